The molecule has 4 unspecified atom stereocenters. The standard InChI is InChI=1S/C56H75NOSi/c1-52(2,3)58-30-20-14-15-21-31-59(13,51-37-23-17-16-22-36(37)49-48(51)38-24-18-19-25-47(38)57(49)12)50-41-34-45-43(53(4,5)26-28-55(45,8)9)32-39(41)40-33-44-46(35-42(40)50)56(10,11)29-27-54(44,6)7/h16-19,22-25,32-35,48-51H,14-15,20-21,26-31H2,1-13H3. The van der Waals surface area contributed by atoms with Crippen LogP contribution in [0, 0.1) is 0 Å². The van der Waals surface area contributed by atoms with Gasteiger partial charge in [0, 0.05) is 30.8 Å². The predicted molar refractivity (Wildman–Crippen MR) is 254 cm³/mol. The van der Waals surface area contributed by atoms with Gasteiger partial charge in [-0.2, -0.15) is 0 Å². The summed E-state index contributed by atoms with van der Waals surface area (Å²) in [7, 11) is 0.0507. The molecule has 0 amide bonds. The fraction of sp³-hybridized carbons (Fsp3) is 0.571. The summed E-state index contributed by atoms with van der Waals surface area (Å²) < 4.78 is 6.20. The molecule has 1 heterocycles. The summed E-state index contributed by atoms with van der Waals surface area (Å²) in [5, 5.41) is 0. The maximum Gasteiger partial charge on any atom is 0.0718 e. The normalized spacial score (nSPS) is 25.0. The van der Waals surface area contributed by atoms with E-state index in [1.807, 2.05) is 0 Å². The van der Waals surface area contributed by atoms with Crippen LogP contribution in [0.15, 0.2) is 72.8 Å². The van der Waals surface area contributed by atoms with E-state index in [9.17, 15) is 0 Å². The van der Waals surface area contributed by atoms with Crippen LogP contribution in [0.5, 0.6) is 0 Å². The fourth-order valence-corrected chi connectivity index (χ4v) is 19.4. The van der Waals surface area contributed by atoms with Crippen LogP contribution in [-0.4, -0.2) is 27.3 Å². The van der Waals surface area contributed by atoms with Crippen LogP contribution in [0.1, 0.15) is 201 Å². The van der Waals surface area contributed by atoms with Gasteiger partial charge in [0.25, 0.3) is 0 Å². The molecular formula is C56H75NOSi. The number of benzene rings is 4. The van der Waals surface area contributed by atoms with E-state index in [4.69, 9.17) is 4.74 Å². The van der Waals surface area contributed by atoms with Gasteiger partial charge < -0.3 is 9.64 Å². The first-order valence-corrected chi connectivity index (χ1v) is 26.5. The molecule has 0 fully saturated rings. The molecule has 9 rings (SSSR count). The Hall–Kier alpha value is -3.14. The number of nitrogens with zero attached hydrogens (tertiary/aromatic N) is 1. The van der Waals surface area contributed by atoms with Crippen molar-refractivity contribution < 1.29 is 4.74 Å². The number of likely N-dealkylation sites (N-methyl/N-ethyl adjacent to an activating group) is 1. The Morgan fingerprint density at radius 2 is 1.05 bits per heavy atom. The van der Waals surface area contributed by atoms with Crippen molar-refractivity contribution in [2.45, 2.75) is 190 Å². The van der Waals surface area contributed by atoms with Crippen molar-refractivity contribution in [3.05, 3.63) is 123 Å². The predicted octanol–water partition coefficient (Wildman–Crippen LogP) is 15.1. The van der Waals surface area contributed by atoms with E-state index in [1.54, 1.807) is 61.2 Å². The van der Waals surface area contributed by atoms with Gasteiger partial charge in [-0.05, 0) is 147 Å². The minimum Gasteiger partial charge on any atom is -0.376 e. The third-order valence-corrected chi connectivity index (χ3v) is 22.4. The molecule has 4 atom stereocenters. The number of ether oxygens (including phenoxy) is 1. The third kappa shape index (κ3) is 6.56. The molecule has 59 heavy (non-hydrogen) atoms. The van der Waals surface area contributed by atoms with Gasteiger partial charge in [-0.25, -0.2) is 0 Å². The topological polar surface area (TPSA) is 12.5 Å². The van der Waals surface area contributed by atoms with Crippen LogP contribution in [-0.2, 0) is 26.4 Å². The van der Waals surface area contributed by atoms with Gasteiger partial charge in [0.15, 0.2) is 0 Å². The number of hydrogen-bond acceptors (Lipinski definition) is 2. The summed E-state index contributed by atoms with van der Waals surface area (Å²) in [6.07, 6.45) is 9.94. The second kappa shape index (κ2) is 13.9. The Kier molecular flexibility index (Phi) is 9.74. The monoisotopic (exact) mass is 806 g/mol. The molecule has 0 aromatic heterocycles. The van der Waals surface area contributed by atoms with Crippen LogP contribution in [0.2, 0.25) is 12.6 Å². The molecule has 5 aliphatic rings. The highest BCUT2D eigenvalue weighted by Crippen LogP contribution is 2.67. The van der Waals surface area contributed by atoms with Gasteiger partial charge in [0.1, 0.15) is 0 Å². The second-order valence-electron chi connectivity index (χ2n) is 23.8. The Balaban J connectivity index is 1.27. The first-order chi connectivity index (χ1) is 27.7. The van der Waals surface area contributed by atoms with Crippen molar-refractivity contribution in [1.82, 2.24) is 0 Å². The van der Waals surface area contributed by atoms with E-state index in [-0.39, 0.29) is 27.3 Å². The zero-order valence-corrected chi connectivity index (χ0v) is 40.2. The van der Waals surface area contributed by atoms with Crippen molar-refractivity contribution in [3.63, 3.8) is 0 Å². The maximum atomic E-state index is 6.20. The minimum absolute atomic E-state index is 0.0716. The van der Waals surface area contributed by atoms with E-state index in [0.717, 1.165) is 13.0 Å². The lowest BCUT2D eigenvalue weighted by Crippen LogP contribution is -2.47. The lowest BCUT2D eigenvalue weighted by atomic mass is 9.62. The smallest absolute Gasteiger partial charge is 0.0718 e. The highest BCUT2D eigenvalue weighted by atomic mass is 28.3. The molecule has 3 heteroatoms. The van der Waals surface area contributed by atoms with Crippen molar-refractivity contribution in [2.75, 3.05) is 18.6 Å². The zero-order chi connectivity index (χ0) is 42.1. The van der Waals surface area contributed by atoms with Crippen molar-refractivity contribution in [2.24, 2.45) is 0 Å². The van der Waals surface area contributed by atoms with Gasteiger partial charge in [0.2, 0.25) is 0 Å². The largest absolute Gasteiger partial charge is 0.376 e. The highest BCUT2D eigenvalue weighted by Gasteiger charge is 2.59. The number of para-hydroxylation sites is 1. The molecule has 0 spiro atoms. The van der Waals surface area contributed by atoms with E-state index >= 15 is 0 Å². The summed E-state index contributed by atoms with van der Waals surface area (Å²) >= 11 is 0. The van der Waals surface area contributed by atoms with Crippen LogP contribution in [0.3, 0.4) is 0 Å². The number of anilines is 1. The highest BCUT2D eigenvalue weighted by molar-refractivity contribution is 6.82. The molecular weight excluding hydrogens is 731 g/mol. The minimum atomic E-state index is -2.33. The molecule has 0 saturated heterocycles. The fourth-order valence-electron chi connectivity index (χ4n) is 13.3. The lowest BCUT2D eigenvalue weighted by Gasteiger charge is -2.46. The third-order valence-electron chi connectivity index (χ3n) is 16.9. The molecule has 0 bridgehead atoms. The molecule has 0 N–H and O–H groups in total. The van der Waals surface area contributed by atoms with E-state index in [1.165, 1.54) is 56.7 Å². The lowest BCUT2D eigenvalue weighted by molar-refractivity contribution is -0.00471. The van der Waals surface area contributed by atoms with Crippen LogP contribution in [0.4, 0.5) is 5.69 Å². The summed E-state index contributed by atoms with van der Waals surface area (Å²) in [4.78, 5) is 2.65. The van der Waals surface area contributed by atoms with Gasteiger partial charge in [0.05, 0.1) is 19.7 Å². The van der Waals surface area contributed by atoms with Crippen molar-refractivity contribution in [3.8, 4) is 11.1 Å². The Morgan fingerprint density at radius 1 is 0.593 bits per heavy atom. The summed E-state index contributed by atoms with van der Waals surface area (Å²) in [6.45, 7) is 30.6. The molecule has 4 aromatic carbocycles. The summed E-state index contributed by atoms with van der Waals surface area (Å²) in [5.41, 5.74) is 20.8. The Bertz CT molecular complexity index is 2200. The Labute approximate surface area is 360 Å². The van der Waals surface area contributed by atoms with E-state index in [0.29, 0.717) is 23.0 Å². The van der Waals surface area contributed by atoms with Crippen molar-refractivity contribution in [1.29, 1.82) is 0 Å². The van der Waals surface area contributed by atoms with Crippen molar-refractivity contribution >= 4 is 13.8 Å². The van der Waals surface area contributed by atoms with Crippen LogP contribution < -0.4 is 4.90 Å². The van der Waals surface area contributed by atoms with Gasteiger partial charge >= 0.3 is 0 Å². The molecule has 0 saturated carbocycles. The van der Waals surface area contributed by atoms with Gasteiger partial charge in [-0.1, -0.05) is 154 Å². The summed E-state index contributed by atoms with van der Waals surface area (Å²) in [5.74, 6) is 0.471. The zero-order valence-electron chi connectivity index (χ0n) is 39.2. The van der Waals surface area contributed by atoms with Gasteiger partial charge in [-0.15, -0.1) is 0 Å². The number of unbranched alkanes of at least 4 members (excludes halogenated alkanes) is 3. The number of rotatable bonds is 9. The van der Waals surface area contributed by atoms with Gasteiger partial charge in [-0.3, -0.25) is 0 Å². The van der Waals surface area contributed by atoms with E-state index in [2.05, 4.69) is 167 Å². The average molecular weight is 806 g/mol. The summed E-state index contributed by atoms with van der Waals surface area (Å²) in [6, 6.07) is 32.1. The average Bonchev–Trinajstić information content (AvgIpc) is 3.79. The number of hydrogen-bond donors (Lipinski definition) is 0. The molecule has 4 aromatic rings. The number of fused-ring (bicyclic) bond motifs is 10. The first-order valence-electron chi connectivity index (χ1n) is 23.6. The maximum absolute atomic E-state index is 6.20. The quantitative estimate of drug-likeness (QED) is 0.123. The second-order valence-corrected chi connectivity index (χ2v) is 28.5. The SMILES string of the molecule is CN1c2ccccc2C2C1c1ccccc1C2[Si](C)(CCCCCCOC(C)(C)C)C1c2cc3c(cc2-c2cc4c(cc21)C(C)(C)CCC4(C)C)C(C)(C)CCC3(C)C. The first kappa shape index (κ1) is 41.2. The van der Waals surface area contributed by atoms with Crippen LogP contribution >= 0.6 is 0 Å². The molecule has 4 aliphatic carbocycles. The Morgan fingerprint density at radius 3 is 1.58 bits per heavy atom. The molecule has 1 aliphatic heterocycles. The molecule has 2 nitrogen and oxygen atoms in total. The molecule has 314 valence electrons. The van der Waals surface area contributed by atoms with E-state index < -0.39 is 8.07 Å². The molecule has 0 radical (unpaired) electrons. The van der Waals surface area contributed by atoms with Crippen LogP contribution in [0.25, 0.3) is 11.1 Å².